The number of rotatable bonds is 20. The van der Waals surface area contributed by atoms with Crippen molar-refractivity contribution in [2.45, 2.75) is 78.3 Å². The van der Waals surface area contributed by atoms with Crippen molar-refractivity contribution in [1.82, 2.24) is 9.80 Å². The molecule has 272 valence electrons. The summed E-state index contributed by atoms with van der Waals surface area (Å²) < 4.78 is 63.1. The lowest BCUT2D eigenvalue weighted by Gasteiger charge is -2.50. The zero-order chi connectivity index (χ0) is 36.3. The Kier molecular flexibility index (Phi) is 16.3. The molecule has 1 aliphatic rings. The smallest absolute Gasteiger partial charge is 0.443 e. The molecule has 5 atom stereocenters. The largest absolute Gasteiger partial charge is 0.480 e. The van der Waals surface area contributed by atoms with Crippen LogP contribution in [0.1, 0.15) is 48.5 Å². The van der Waals surface area contributed by atoms with E-state index in [9.17, 15) is 43.5 Å². The van der Waals surface area contributed by atoms with Crippen LogP contribution in [0.4, 0.5) is 4.39 Å². The molecule has 1 rings (SSSR count). The molecule has 47 heavy (non-hydrogen) atoms. The van der Waals surface area contributed by atoms with Crippen molar-refractivity contribution in [3.05, 3.63) is 12.3 Å². The van der Waals surface area contributed by atoms with E-state index >= 15 is 0 Å². The summed E-state index contributed by atoms with van der Waals surface area (Å²) in [5.74, 6) is -4.72. The monoisotopic (exact) mass is 703 g/mol. The third-order valence-corrected chi connectivity index (χ3v) is 8.22. The number of carbonyl (C=O) groups excluding carboxylic acids is 4. The molecule has 0 bridgehead atoms. The molecule has 18 nitrogen and oxygen atoms in total. The van der Waals surface area contributed by atoms with Gasteiger partial charge in [0.25, 0.3) is 5.91 Å². The van der Waals surface area contributed by atoms with Gasteiger partial charge in [-0.3, -0.25) is 28.6 Å². The van der Waals surface area contributed by atoms with Gasteiger partial charge < -0.3 is 44.9 Å². The van der Waals surface area contributed by atoms with Crippen molar-refractivity contribution in [2.75, 3.05) is 40.7 Å². The maximum absolute atomic E-state index is 14.7. The Morgan fingerprint density at radius 2 is 1.51 bits per heavy atom. The first-order valence-electron chi connectivity index (χ1n) is 14.5. The standard InChI is InChI=1S/C27H47FN3O15P/c1-16(2)20(29)23(35)41-13-30-19(32)9-10-31(25(30)37)26(7,38)24(36)27(11-28,40-8)12-44-47(39,45-14-42-21(33)17(3)4)46-15-43-22(34)18(5)6/h9-10,16-18,20,24-25,36-38H,11-15,29H2,1-8H3. The summed E-state index contributed by atoms with van der Waals surface area (Å²) in [5, 5.41) is 33.6. The average molecular weight is 704 g/mol. The highest BCUT2D eigenvalue weighted by molar-refractivity contribution is 7.48. The second-order valence-corrected chi connectivity index (χ2v) is 13.3. The van der Waals surface area contributed by atoms with Gasteiger partial charge in [-0.2, -0.15) is 0 Å². The maximum Gasteiger partial charge on any atom is 0.480 e. The van der Waals surface area contributed by atoms with Crippen LogP contribution in [0, 0.1) is 17.8 Å². The Morgan fingerprint density at radius 3 is 1.94 bits per heavy atom. The lowest BCUT2D eigenvalue weighted by molar-refractivity contribution is -0.276. The lowest BCUT2D eigenvalue weighted by Crippen LogP contribution is -2.69. The van der Waals surface area contributed by atoms with Gasteiger partial charge in [-0.1, -0.05) is 41.5 Å². The summed E-state index contributed by atoms with van der Waals surface area (Å²) in [4.78, 5) is 49.5. The molecule has 5 N–H and O–H groups in total. The average Bonchev–Trinajstić information content (AvgIpc) is 3.00. The highest BCUT2D eigenvalue weighted by Crippen LogP contribution is 2.50. The zero-order valence-electron chi connectivity index (χ0n) is 27.7. The number of hydrogen-bond acceptors (Lipinski definition) is 17. The molecule has 20 heteroatoms. The highest BCUT2D eigenvalue weighted by atomic mass is 31.2. The van der Waals surface area contributed by atoms with Crippen molar-refractivity contribution in [3.63, 3.8) is 0 Å². The van der Waals surface area contributed by atoms with E-state index in [1.807, 2.05) is 0 Å². The number of carbonyl (C=O) groups is 4. The molecule has 0 spiro atoms. The van der Waals surface area contributed by atoms with Gasteiger partial charge in [0.05, 0.1) is 18.4 Å². The Balaban J connectivity index is 3.23. The number of phosphoric acid groups is 1. The van der Waals surface area contributed by atoms with Gasteiger partial charge in [-0.15, -0.1) is 0 Å². The number of alkyl halides is 1. The number of methoxy groups -OCH3 is 1. The van der Waals surface area contributed by atoms with E-state index in [-0.39, 0.29) is 5.92 Å². The van der Waals surface area contributed by atoms with E-state index in [1.165, 1.54) is 27.7 Å². The molecule has 0 aliphatic carbocycles. The Hall–Kier alpha value is -2.74. The topological polar surface area (TPSA) is 243 Å². The molecule has 0 saturated heterocycles. The molecule has 1 heterocycles. The minimum atomic E-state index is -4.89. The molecule has 0 radical (unpaired) electrons. The second-order valence-electron chi connectivity index (χ2n) is 11.6. The predicted molar refractivity (Wildman–Crippen MR) is 157 cm³/mol. The summed E-state index contributed by atoms with van der Waals surface area (Å²) in [5.41, 5.74) is 0.473. The fourth-order valence-electron chi connectivity index (χ4n) is 3.58. The number of nitrogens with two attached hydrogens (primary N) is 1. The second kappa shape index (κ2) is 18.1. The van der Waals surface area contributed by atoms with Gasteiger partial charge >= 0.3 is 25.7 Å². The SMILES string of the molecule is COC(CF)(COP(=O)(OCOC(=O)C(C)C)OCOC(=O)C(C)C)C(O)C(C)(O)N1C=CC(=O)N(COC(=O)C(N)C(C)C)C1O. The molecular weight excluding hydrogens is 656 g/mol. The van der Waals surface area contributed by atoms with Crippen LogP contribution in [0.5, 0.6) is 0 Å². The van der Waals surface area contributed by atoms with Crippen molar-refractivity contribution < 1.29 is 76.0 Å². The Bertz CT molecular complexity index is 1120. The van der Waals surface area contributed by atoms with Crippen LogP contribution in [0.15, 0.2) is 12.3 Å². The molecule has 5 unspecified atom stereocenters. The number of nitrogens with zero attached hydrogens (tertiary/aromatic N) is 2. The summed E-state index contributed by atoms with van der Waals surface area (Å²) in [6, 6.07) is -1.04. The minimum Gasteiger partial charge on any atom is -0.443 e. The molecule has 0 saturated carbocycles. The summed E-state index contributed by atoms with van der Waals surface area (Å²) in [6.07, 6.45) is -2.71. The van der Waals surface area contributed by atoms with Crippen LogP contribution in [-0.4, -0.2) is 119 Å². The van der Waals surface area contributed by atoms with Crippen LogP contribution >= 0.6 is 7.82 Å². The van der Waals surface area contributed by atoms with Crippen LogP contribution < -0.4 is 5.73 Å². The third kappa shape index (κ3) is 11.4. The molecule has 0 aromatic rings. The molecule has 1 amide bonds. The van der Waals surface area contributed by atoms with Crippen LogP contribution in [0.25, 0.3) is 0 Å². The molecular formula is C27H47FN3O15P. The number of esters is 3. The maximum atomic E-state index is 14.7. The van der Waals surface area contributed by atoms with Crippen molar-refractivity contribution in [1.29, 1.82) is 0 Å². The number of phosphoric ester groups is 1. The number of hydrogen-bond donors (Lipinski definition) is 4. The van der Waals surface area contributed by atoms with Crippen molar-refractivity contribution in [3.8, 4) is 0 Å². The molecule has 1 aliphatic heterocycles. The summed E-state index contributed by atoms with van der Waals surface area (Å²) >= 11 is 0. The van der Waals surface area contributed by atoms with Gasteiger partial charge in [0.1, 0.15) is 18.8 Å². The van der Waals surface area contributed by atoms with Gasteiger partial charge in [0.2, 0.25) is 19.9 Å². The number of aliphatic hydroxyl groups excluding tert-OH is 2. The van der Waals surface area contributed by atoms with E-state index in [0.29, 0.717) is 9.80 Å². The minimum absolute atomic E-state index is 0.307. The zero-order valence-corrected chi connectivity index (χ0v) is 28.6. The molecule has 0 fully saturated rings. The van der Waals surface area contributed by atoms with E-state index in [1.54, 1.807) is 13.8 Å². The van der Waals surface area contributed by atoms with E-state index in [4.69, 9.17) is 38.3 Å². The van der Waals surface area contributed by atoms with Crippen LogP contribution in [0.3, 0.4) is 0 Å². The molecule has 0 aromatic carbocycles. The Labute approximate surface area is 272 Å². The van der Waals surface area contributed by atoms with Gasteiger partial charge in [0.15, 0.2) is 18.1 Å². The van der Waals surface area contributed by atoms with Crippen molar-refractivity contribution in [2.24, 2.45) is 23.5 Å². The first-order valence-corrected chi connectivity index (χ1v) is 15.9. The third-order valence-electron chi connectivity index (χ3n) is 6.93. The Morgan fingerprint density at radius 1 is 1.00 bits per heavy atom. The highest BCUT2D eigenvalue weighted by Gasteiger charge is 2.54. The quantitative estimate of drug-likeness (QED) is 0.0576. The summed E-state index contributed by atoms with van der Waals surface area (Å²) in [6.45, 7) is 4.76. The number of halogens is 1. The molecule has 0 aromatic heterocycles. The first-order chi connectivity index (χ1) is 21.7. The van der Waals surface area contributed by atoms with E-state index in [2.05, 4.69) is 0 Å². The van der Waals surface area contributed by atoms with E-state index < -0.39 is 107 Å². The first kappa shape index (κ1) is 42.3. The van der Waals surface area contributed by atoms with Gasteiger partial charge in [0, 0.05) is 19.4 Å². The lowest BCUT2D eigenvalue weighted by atomic mass is 9.89. The predicted octanol–water partition coefficient (Wildman–Crippen LogP) is 0.300. The van der Waals surface area contributed by atoms with Crippen LogP contribution in [0.2, 0.25) is 0 Å². The van der Waals surface area contributed by atoms with Crippen molar-refractivity contribution >= 4 is 31.6 Å². The number of aliphatic hydroxyl groups is 3. The van der Waals surface area contributed by atoms with E-state index in [0.717, 1.165) is 26.3 Å². The number of ether oxygens (including phenoxy) is 4. The van der Waals surface area contributed by atoms with Crippen LogP contribution in [-0.2, 0) is 56.3 Å². The van der Waals surface area contributed by atoms with Gasteiger partial charge in [-0.25, -0.2) is 18.0 Å². The fourth-order valence-corrected chi connectivity index (χ4v) is 4.55. The van der Waals surface area contributed by atoms with Gasteiger partial charge in [-0.05, 0) is 12.8 Å². The fraction of sp³-hybridized carbons (Fsp3) is 0.778. The number of amides is 1. The normalized spacial score (nSPS) is 19.4. The summed E-state index contributed by atoms with van der Waals surface area (Å²) in [7, 11) is -3.97.